The number of hydrogen-bond donors (Lipinski definition) is 0. The molecule has 0 N–H and O–H groups in total. The number of hydrogen-bond acceptors (Lipinski definition) is 0. The van der Waals surface area contributed by atoms with Crippen LogP contribution < -0.4 is 0 Å². The van der Waals surface area contributed by atoms with E-state index in [1.54, 1.807) is 0 Å². The largest absolute Gasteiger partial charge is 0.132 e. The van der Waals surface area contributed by atoms with Gasteiger partial charge in [-0.15, -0.1) is 23.2 Å². The lowest BCUT2D eigenvalue weighted by molar-refractivity contribution is 0.941. The molecule has 1 saturated carbocycles. The number of allylic oxidation sites excluding steroid dienone is 1. The Labute approximate surface area is 111 Å². The fraction of sp³-hybridized carbons (Fsp3) is 0.385. The van der Waals surface area contributed by atoms with E-state index in [0.717, 1.165) is 21.7 Å². The van der Waals surface area contributed by atoms with E-state index in [4.69, 9.17) is 34.8 Å². The Kier molecular flexibility index (Phi) is 3.03. The van der Waals surface area contributed by atoms with E-state index in [-0.39, 0.29) is 11.8 Å². The molecule has 3 heteroatoms. The molecule has 1 aliphatic rings. The van der Waals surface area contributed by atoms with E-state index in [1.807, 2.05) is 26.0 Å². The summed E-state index contributed by atoms with van der Waals surface area (Å²) < 4.78 is -0.719. The number of aryl methyl sites for hydroxylation is 1. The summed E-state index contributed by atoms with van der Waals surface area (Å²) in [6.07, 6.45) is 0. The first-order valence-corrected chi connectivity index (χ1v) is 6.27. The van der Waals surface area contributed by atoms with Crippen molar-refractivity contribution >= 4 is 34.8 Å². The maximum absolute atomic E-state index is 6.27. The minimum atomic E-state index is -0.719. The van der Waals surface area contributed by atoms with Crippen LogP contribution in [0.25, 0.3) is 0 Å². The van der Waals surface area contributed by atoms with Crippen molar-refractivity contribution < 1.29 is 0 Å². The first-order valence-electron chi connectivity index (χ1n) is 5.14. The average molecular weight is 276 g/mol. The zero-order chi connectivity index (χ0) is 12.1. The third-order valence-corrected chi connectivity index (χ3v) is 4.17. The Bertz CT molecular complexity index is 428. The van der Waals surface area contributed by atoms with Crippen LogP contribution in [0.3, 0.4) is 0 Å². The van der Waals surface area contributed by atoms with Crippen LogP contribution in [0, 0.1) is 12.8 Å². The van der Waals surface area contributed by atoms with Crippen molar-refractivity contribution in [1.82, 2.24) is 0 Å². The van der Waals surface area contributed by atoms with Crippen molar-refractivity contribution in [3.05, 3.63) is 46.5 Å². The van der Waals surface area contributed by atoms with E-state index >= 15 is 0 Å². The normalized spacial score (nSPS) is 26.6. The second kappa shape index (κ2) is 3.94. The van der Waals surface area contributed by atoms with Gasteiger partial charge in [0.1, 0.15) is 4.33 Å². The summed E-state index contributed by atoms with van der Waals surface area (Å²) in [5.74, 6) is 0.249. The molecule has 86 valence electrons. The van der Waals surface area contributed by atoms with E-state index in [2.05, 4.69) is 12.6 Å². The van der Waals surface area contributed by atoms with E-state index in [9.17, 15) is 0 Å². The maximum atomic E-state index is 6.27. The Morgan fingerprint density at radius 2 is 1.94 bits per heavy atom. The second-order valence-corrected chi connectivity index (χ2v) is 6.42. The Morgan fingerprint density at radius 1 is 1.31 bits per heavy atom. The minimum Gasteiger partial charge on any atom is -0.100 e. The SMILES string of the molecule is C=C(C)C1C(c2cc(C)cc(Cl)c2)C1(Cl)Cl. The highest BCUT2D eigenvalue weighted by Gasteiger charge is 2.63. The Balaban J connectivity index is 2.37. The molecule has 0 heterocycles. The molecule has 0 nitrogen and oxygen atoms in total. The molecule has 0 saturated heterocycles. The summed E-state index contributed by atoms with van der Waals surface area (Å²) in [4.78, 5) is 0. The highest BCUT2D eigenvalue weighted by atomic mass is 35.5. The lowest BCUT2D eigenvalue weighted by Crippen LogP contribution is -1.91. The highest BCUT2D eigenvalue weighted by molar-refractivity contribution is 6.52. The Morgan fingerprint density at radius 3 is 2.38 bits per heavy atom. The molecule has 1 aromatic carbocycles. The van der Waals surface area contributed by atoms with Gasteiger partial charge >= 0.3 is 0 Å². The molecule has 0 radical (unpaired) electrons. The fourth-order valence-electron chi connectivity index (χ4n) is 2.30. The van der Waals surface area contributed by atoms with Crippen LogP contribution in [0.5, 0.6) is 0 Å². The zero-order valence-corrected chi connectivity index (χ0v) is 11.5. The van der Waals surface area contributed by atoms with Crippen molar-refractivity contribution in [1.29, 1.82) is 0 Å². The summed E-state index contributed by atoms with van der Waals surface area (Å²) >= 11 is 18.6. The van der Waals surface area contributed by atoms with Gasteiger partial charge in [-0.2, -0.15) is 0 Å². The second-order valence-electron chi connectivity index (χ2n) is 4.54. The summed E-state index contributed by atoms with van der Waals surface area (Å²) in [6, 6.07) is 5.94. The van der Waals surface area contributed by atoms with Crippen LogP contribution >= 0.6 is 34.8 Å². The van der Waals surface area contributed by atoms with Crippen LogP contribution in [0.15, 0.2) is 30.4 Å². The van der Waals surface area contributed by atoms with Gasteiger partial charge in [-0.3, -0.25) is 0 Å². The van der Waals surface area contributed by atoms with Crippen LogP contribution in [-0.4, -0.2) is 4.33 Å². The van der Waals surface area contributed by atoms with Crippen molar-refractivity contribution in [2.75, 3.05) is 0 Å². The van der Waals surface area contributed by atoms with Crippen molar-refractivity contribution in [3.63, 3.8) is 0 Å². The molecular formula is C13H13Cl3. The predicted molar refractivity (Wildman–Crippen MR) is 71.7 cm³/mol. The monoisotopic (exact) mass is 274 g/mol. The van der Waals surface area contributed by atoms with Crippen LogP contribution in [-0.2, 0) is 0 Å². The topological polar surface area (TPSA) is 0 Å². The molecule has 0 spiro atoms. The number of alkyl halides is 2. The van der Waals surface area contributed by atoms with Gasteiger partial charge in [0, 0.05) is 16.9 Å². The van der Waals surface area contributed by atoms with Gasteiger partial charge in [-0.05, 0) is 37.1 Å². The summed E-state index contributed by atoms with van der Waals surface area (Å²) in [5.41, 5.74) is 3.25. The minimum absolute atomic E-state index is 0.116. The van der Waals surface area contributed by atoms with E-state index in [0.29, 0.717) is 0 Å². The standard InChI is InChI=1S/C13H13Cl3/c1-7(2)11-12(13(11,15)16)9-4-8(3)5-10(14)6-9/h4-6,11-12H,1H2,2-3H3. The Hall–Kier alpha value is -0.170. The van der Waals surface area contributed by atoms with Gasteiger partial charge in [0.2, 0.25) is 0 Å². The summed E-state index contributed by atoms with van der Waals surface area (Å²) in [7, 11) is 0. The molecule has 1 fully saturated rings. The van der Waals surface area contributed by atoms with Gasteiger partial charge in [0.25, 0.3) is 0 Å². The van der Waals surface area contributed by atoms with Gasteiger partial charge in [-0.25, -0.2) is 0 Å². The smallest absolute Gasteiger partial charge is 0.100 e. The van der Waals surface area contributed by atoms with Crippen LogP contribution in [0.2, 0.25) is 5.02 Å². The molecule has 0 aromatic heterocycles. The summed E-state index contributed by atoms with van der Waals surface area (Å²) in [6.45, 7) is 7.90. The molecule has 1 aliphatic carbocycles. The highest BCUT2D eigenvalue weighted by Crippen LogP contribution is 2.67. The molecule has 2 unspecified atom stereocenters. The lowest BCUT2D eigenvalue weighted by Gasteiger charge is -2.03. The van der Waals surface area contributed by atoms with Gasteiger partial charge < -0.3 is 0 Å². The fourth-order valence-corrected chi connectivity index (χ4v) is 3.60. The van der Waals surface area contributed by atoms with Gasteiger partial charge in [-0.1, -0.05) is 29.8 Å². The molecule has 0 amide bonds. The summed E-state index contributed by atoms with van der Waals surface area (Å²) in [5, 5.41) is 0.728. The molecule has 2 atom stereocenters. The number of halogens is 3. The molecular weight excluding hydrogens is 263 g/mol. The first kappa shape index (κ1) is 12.3. The molecule has 0 aliphatic heterocycles. The predicted octanol–water partition coefficient (Wildman–Crippen LogP) is 5.11. The van der Waals surface area contributed by atoms with Crippen LogP contribution in [0.1, 0.15) is 24.0 Å². The van der Waals surface area contributed by atoms with E-state index < -0.39 is 4.33 Å². The molecule has 0 bridgehead atoms. The first-order chi connectivity index (χ1) is 7.34. The molecule has 1 aromatic rings. The van der Waals surface area contributed by atoms with Crippen molar-refractivity contribution in [2.45, 2.75) is 24.1 Å². The maximum Gasteiger partial charge on any atom is 0.132 e. The molecule has 2 rings (SSSR count). The van der Waals surface area contributed by atoms with Gasteiger partial charge in [0.05, 0.1) is 0 Å². The number of rotatable bonds is 2. The lowest BCUT2D eigenvalue weighted by atomic mass is 10.0. The average Bonchev–Trinajstić information content (AvgIpc) is 2.67. The van der Waals surface area contributed by atoms with E-state index in [1.165, 1.54) is 0 Å². The van der Waals surface area contributed by atoms with Crippen molar-refractivity contribution in [3.8, 4) is 0 Å². The van der Waals surface area contributed by atoms with Crippen molar-refractivity contribution in [2.24, 2.45) is 5.92 Å². The third-order valence-electron chi connectivity index (χ3n) is 3.01. The molecule has 16 heavy (non-hydrogen) atoms. The third kappa shape index (κ3) is 1.99. The zero-order valence-electron chi connectivity index (χ0n) is 9.23. The van der Waals surface area contributed by atoms with Crippen LogP contribution in [0.4, 0.5) is 0 Å². The number of benzene rings is 1. The van der Waals surface area contributed by atoms with Gasteiger partial charge in [0.15, 0.2) is 0 Å². The quantitative estimate of drug-likeness (QED) is 0.519.